The summed E-state index contributed by atoms with van der Waals surface area (Å²) in [5, 5.41) is 13.5. The van der Waals surface area contributed by atoms with E-state index in [9.17, 15) is 9.90 Å². The summed E-state index contributed by atoms with van der Waals surface area (Å²) < 4.78 is 23.0. The molecule has 4 aromatic heterocycles. The molecule has 0 radical (unpaired) electrons. The highest BCUT2D eigenvalue weighted by Crippen LogP contribution is 2.48. The van der Waals surface area contributed by atoms with Gasteiger partial charge in [-0.1, -0.05) is 30.3 Å². The van der Waals surface area contributed by atoms with Crippen molar-refractivity contribution in [2.45, 2.75) is 31.3 Å². The molecule has 1 saturated carbocycles. The number of hydrogen-bond donors (Lipinski definition) is 2. The molecule has 1 aliphatic carbocycles. The first-order valence-electron chi connectivity index (χ1n) is 11.3. The lowest BCUT2D eigenvalue weighted by Gasteiger charge is -2.14. The monoisotopic (exact) mass is 484 g/mol. The second-order valence-electron chi connectivity index (χ2n) is 8.50. The fourth-order valence-corrected chi connectivity index (χ4v) is 3.93. The van der Waals surface area contributed by atoms with Crippen LogP contribution >= 0.6 is 0 Å². The van der Waals surface area contributed by atoms with E-state index in [1.807, 2.05) is 43.3 Å². The number of ether oxygens (including phenoxy) is 1. The molecule has 10 nitrogen and oxygen atoms in total. The van der Waals surface area contributed by atoms with Gasteiger partial charge in [0.25, 0.3) is 17.3 Å². The Hall–Kier alpha value is -4.62. The number of pyridine rings is 1. The van der Waals surface area contributed by atoms with Crippen LogP contribution in [0.3, 0.4) is 0 Å². The van der Waals surface area contributed by atoms with Crippen molar-refractivity contribution in [3.63, 3.8) is 0 Å². The smallest absolute Gasteiger partial charge is 0.319 e. The molecule has 0 amide bonds. The molecule has 1 aromatic carbocycles. The molecule has 1 fully saturated rings. The van der Waals surface area contributed by atoms with Crippen LogP contribution in [0, 0.1) is 11.8 Å². The van der Waals surface area contributed by atoms with Crippen LogP contribution in [0.2, 0.25) is 0 Å². The average Bonchev–Trinajstić information content (AvgIpc) is 3.31. The summed E-state index contributed by atoms with van der Waals surface area (Å²) in [6.07, 6.45) is 4.12. The maximum absolute atomic E-state index is 11.5. The number of anilines is 1. The van der Waals surface area contributed by atoms with Crippen molar-refractivity contribution in [3.8, 4) is 11.8 Å². The van der Waals surface area contributed by atoms with Crippen molar-refractivity contribution >= 4 is 34.1 Å². The molecule has 10 heteroatoms. The first-order chi connectivity index (χ1) is 17.5. The molecule has 1 unspecified atom stereocenters. The van der Waals surface area contributed by atoms with Gasteiger partial charge in [0, 0.05) is 17.5 Å². The highest BCUT2D eigenvalue weighted by molar-refractivity contribution is 5.93. The van der Waals surface area contributed by atoms with Gasteiger partial charge in [0.15, 0.2) is 5.58 Å². The summed E-state index contributed by atoms with van der Waals surface area (Å²) in [4.78, 5) is 24.0. The predicted octanol–water partition coefficient (Wildman–Crippen LogP) is 4.62. The lowest BCUT2D eigenvalue weighted by atomic mass is 10.1. The first kappa shape index (κ1) is 21.9. The summed E-state index contributed by atoms with van der Waals surface area (Å²) in [5.41, 5.74) is 1.44. The van der Waals surface area contributed by atoms with Crippen LogP contribution < -0.4 is 5.32 Å². The van der Waals surface area contributed by atoms with Gasteiger partial charge in [-0.2, -0.15) is 9.97 Å². The van der Waals surface area contributed by atoms with Gasteiger partial charge in [0.05, 0.1) is 18.0 Å². The number of nitrogens with one attached hydrogen (secondary N) is 1. The Balaban J connectivity index is 1.23. The van der Waals surface area contributed by atoms with Crippen LogP contribution in [-0.4, -0.2) is 32.8 Å². The number of nitrogens with zero attached hydrogens (tertiary/aromatic N) is 3. The van der Waals surface area contributed by atoms with Gasteiger partial charge < -0.3 is 28.4 Å². The second-order valence-corrected chi connectivity index (χ2v) is 8.50. The number of carboxylic acid groups (broad SMARTS) is 1. The molecule has 36 heavy (non-hydrogen) atoms. The molecular formula is C26H20N4O6. The highest BCUT2D eigenvalue weighted by Gasteiger charge is 2.56. The van der Waals surface area contributed by atoms with Crippen molar-refractivity contribution in [1.82, 2.24) is 15.0 Å². The molecule has 4 heterocycles. The zero-order chi connectivity index (χ0) is 24.7. The minimum absolute atomic E-state index is 0.0708. The van der Waals surface area contributed by atoms with Crippen molar-refractivity contribution in [3.05, 3.63) is 71.9 Å². The van der Waals surface area contributed by atoms with Crippen molar-refractivity contribution in [1.29, 1.82) is 0 Å². The number of aromatic nitrogens is 3. The number of carbonyl (C=O) groups is 1. The van der Waals surface area contributed by atoms with E-state index < -0.39 is 11.4 Å². The summed E-state index contributed by atoms with van der Waals surface area (Å²) in [6, 6.07) is 11.8. The van der Waals surface area contributed by atoms with Gasteiger partial charge in [-0.05, 0) is 37.3 Å². The molecular weight excluding hydrogens is 464 g/mol. The van der Waals surface area contributed by atoms with Crippen LogP contribution in [0.15, 0.2) is 62.0 Å². The molecule has 6 rings (SSSR count). The zero-order valence-corrected chi connectivity index (χ0v) is 19.1. The van der Waals surface area contributed by atoms with E-state index in [-0.39, 0.29) is 36.0 Å². The molecule has 1 atom stereocenters. The average molecular weight is 484 g/mol. The van der Waals surface area contributed by atoms with Crippen LogP contribution in [0.1, 0.15) is 49.0 Å². The molecule has 2 N–H and O–H groups in total. The number of furan rings is 1. The first-order valence-corrected chi connectivity index (χ1v) is 11.3. The van der Waals surface area contributed by atoms with E-state index in [1.54, 1.807) is 12.4 Å². The zero-order valence-electron chi connectivity index (χ0n) is 19.1. The SMILES string of the molecule is CC(OCNc1c(C#Cc2nc3oc(C4(C(=O)O)CC4)nc3o2)oc2cnccc12)c1ccccc1. The number of aliphatic carboxylic acids is 1. The predicted molar refractivity (Wildman–Crippen MR) is 127 cm³/mol. The van der Waals surface area contributed by atoms with Crippen molar-refractivity contribution < 1.29 is 27.9 Å². The molecule has 0 saturated heterocycles. The Morgan fingerprint density at radius 2 is 1.94 bits per heavy atom. The van der Waals surface area contributed by atoms with E-state index >= 15 is 0 Å². The topological polar surface area (TPSA) is 137 Å². The summed E-state index contributed by atoms with van der Waals surface area (Å²) in [5.74, 6) is 5.33. The Kier molecular flexibility index (Phi) is 5.20. The molecule has 1 aliphatic rings. The molecule has 0 bridgehead atoms. The van der Waals surface area contributed by atoms with Gasteiger partial charge in [0.2, 0.25) is 11.7 Å². The number of benzene rings is 1. The largest absolute Gasteiger partial charge is 0.480 e. The van der Waals surface area contributed by atoms with Gasteiger partial charge in [-0.15, -0.1) is 0 Å². The third-order valence-corrected chi connectivity index (χ3v) is 6.17. The third kappa shape index (κ3) is 3.85. The Morgan fingerprint density at radius 3 is 2.69 bits per heavy atom. The van der Waals surface area contributed by atoms with E-state index in [2.05, 4.69) is 32.1 Å². The summed E-state index contributed by atoms with van der Waals surface area (Å²) >= 11 is 0. The maximum Gasteiger partial charge on any atom is 0.319 e. The van der Waals surface area contributed by atoms with E-state index in [0.717, 1.165) is 10.9 Å². The number of rotatable bonds is 7. The molecule has 0 aliphatic heterocycles. The van der Waals surface area contributed by atoms with Crippen molar-refractivity contribution in [2.24, 2.45) is 0 Å². The van der Waals surface area contributed by atoms with Gasteiger partial charge in [-0.25, -0.2) is 0 Å². The second kappa shape index (κ2) is 8.55. The van der Waals surface area contributed by atoms with Crippen LogP contribution in [0.4, 0.5) is 5.69 Å². The Bertz CT molecular complexity index is 1600. The summed E-state index contributed by atoms with van der Waals surface area (Å²) in [7, 11) is 0. The fourth-order valence-electron chi connectivity index (χ4n) is 3.93. The minimum atomic E-state index is -1.07. The van der Waals surface area contributed by atoms with Gasteiger partial charge >= 0.3 is 5.97 Å². The van der Waals surface area contributed by atoms with Crippen LogP contribution in [-0.2, 0) is 14.9 Å². The molecule has 5 aromatic rings. The minimum Gasteiger partial charge on any atom is -0.480 e. The number of carboxylic acids is 1. The van der Waals surface area contributed by atoms with E-state index in [0.29, 0.717) is 29.9 Å². The number of oxazole rings is 2. The van der Waals surface area contributed by atoms with E-state index in [1.165, 1.54) is 0 Å². The molecule has 0 spiro atoms. The number of fused-ring (bicyclic) bond motifs is 2. The lowest BCUT2D eigenvalue weighted by molar-refractivity contribution is -0.140. The van der Waals surface area contributed by atoms with E-state index in [4.69, 9.17) is 18.0 Å². The van der Waals surface area contributed by atoms with Gasteiger partial charge in [0.1, 0.15) is 12.1 Å². The summed E-state index contributed by atoms with van der Waals surface area (Å²) in [6.45, 7) is 2.21. The van der Waals surface area contributed by atoms with Crippen LogP contribution in [0.5, 0.6) is 0 Å². The Labute approximate surface area is 204 Å². The maximum atomic E-state index is 11.5. The van der Waals surface area contributed by atoms with Crippen molar-refractivity contribution in [2.75, 3.05) is 12.0 Å². The standard InChI is InChI=1S/C26H20N4O6/c1-15(16-5-3-2-4-6-16)33-14-28-21-17-9-12-27-13-19(17)34-18(21)7-8-20-29-22-23(35-20)30-24(36-22)26(10-11-26)25(31)32/h2-6,9,12-13,15,28H,10-11,14H2,1H3,(H,31,32). The molecule has 180 valence electrons. The highest BCUT2D eigenvalue weighted by atomic mass is 16.5. The Morgan fingerprint density at radius 1 is 1.14 bits per heavy atom. The third-order valence-electron chi connectivity index (χ3n) is 6.17. The normalized spacial score (nSPS) is 14.9. The number of hydrogen-bond acceptors (Lipinski definition) is 9. The lowest BCUT2D eigenvalue weighted by Crippen LogP contribution is -2.19. The quantitative estimate of drug-likeness (QED) is 0.249. The van der Waals surface area contributed by atoms with Gasteiger partial charge in [-0.3, -0.25) is 9.78 Å². The fraction of sp³-hybridized carbons (Fsp3) is 0.231. The van der Waals surface area contributed by atoms with Crippen LogP contribution in [0.25, 0.3) is 22.4 Å².